The van der Waals surface area contributed by atoms with E-state index in [0.717, 1.165) is 26.1 Å². The zero-order chi connectivity index (χ0) is 16.4. The van der Waals surface area contributed by atoms with Crippen LogP contribution >= 0.6 is 11.3 Å². The van der Waals surface area contributed by atoms with Crippen LogP contribution in [0.1, 0.15) is 48.7 Å². The Morgan fingerprint density at radius 3 is 2.87 bits per heavy atom. The van der Waals surface area contributed by atoms with E-state index < -0.39 is 0 Å². The van der Waals surface area contributed by atoms with E-state index in [9.17, 15) is 0 Å². The van der Waals surface area contributed by atoms with Crippen LogP contribution in [0.5, 0.6) is 0 Å². The summed E-state index contributed by atoms with van der Waals surface area (Å²) in [5, 5.41) is 9.04. The van der Waals surface area contributed by atoms with E-state index in [-0.39, 0.29) is 11.5 Å². The topological polar surface area (TPSA) is 52.0 Å². The molecular weight excluding hydrogens is 308 g/mol. The van der Waals surface area contributed by atoms with Gasteiger partial charge in [-0.05, 0) is 6.42 Å². The molecule has 126 valence electrons. The fourth-order valence-electron chi connectivity index (χ4n) is 2.92. The summed E-state index contributed by atoms with van der Waals surface area (Å²) >= 11 is 1.80. The van der Waals surface area contributed by atoms with Gasteiger partial charge in [0, 0.05) is 60.9 Å². The highest BCUT2D eigenvalue weighted by molar-refractivity contribution is 7.11. The van der Waals surface area contributed by atoms with Crippen molar-refractivity contribution in [3.8, 4) is 0 Å². The van der Waals surface area contributed by atoms with Gasteiger partial charge >= 0.3 is 0 Å². The molecule has 0 amide bonds. The summed E-state index contributed by atoms with van der Waals surface area (Å²) in [7, 11) is 1.95. The lowest BCUT2D eigenvalue weighted by atomic mass is 9.97. The van der Waals surface area contributed by atoms with Crippen LogP contribution in [0.4, 0.5) is 0 Å². The lowest BCUT2D eigenvalue weighted by Gasteiger charge is -2.17. The monoisotopic (exact) mass is 334 g/mol. The van der Waals surface area contributed by atoms with Crippen molar-refractivity contribution in [1.82, 2.24) is 20.1 Å². The van der Waals surface area contributed by atoms with Gasteiger partial charge in [0.1, 0.15) is 0 Å². The van der Waals surface area contributed by atoms with Gasteiger partial charge in [0.15, 0.2) is 0 Å². The van der Waals surface area contributed by atoms with E-state index in [1.54, 1.807) is 11.3 Å². The normalized spacial score (nSPS) is 21.9. The third-order valence-electron chi connectivity index (χ3n) is 4.17. The Bertz CT molecular complexity index is 643. The summed E-state index contributed by atoms with van der Waals surface area (Å²) in [4.78, 5) is 5.84. The highest BCUT2D eigenvalue weighted by Crippen LogP contribution is 2.34. The van der Waals surface area contributed by atoms with E-state index in [2.05, 4.69) is 42.4 Å². The van der Waals surface area contributed by atoms with Crippen LogP contribution in [0, 0.1) is 5.92 Å². The van der Waals surface area contributed by atoms with Crippen LogP contribution in [0.15, 0.2) is 18.6 Å². The largest absolute Gasteiger partial charge is 0.373 e. The summed E-state index contributed by atoms with van der Waals surface area (Å²) in [6.07, 6.45) is 7.25. The second-order valence-corrected chi connectivity index (χ2v) is 8.42. The molecule has 5 nitrogen and oxygen atoms in total. The second-order valence-electron chi connectivity index (χ2n) is 7.30. The molecule has 0 bridgehead atoms. The smallest absolute Gasteiger partial charge is 0.0981 e. The number of rotatable bonds is 5. The first-order valence-corrected chi connectivity index (χ1v) is 9.01. The van der Waals surface area contributed by atoms with E-state index in [1.165, 1.54) is 15.4 Å². The van der Waals surface area contributed by atoms with Crippen LogP contribution in [0.3, 0.4) is 0 Å². The number of aromatic nitrogens is 3. The van der Waals surface area contributed by atoms with Gasteiger partial charge in [-0.2, -0.15) is 5.10 Å². The van der Waals surface area contributed by atoms with E-state index in [1.807, 2.05) is 24.1 Å². The van der Waals surface area contributed by atoms with Crippen molar-refractivity contribution in [3.63, 3.8) is 0 Å². The molecule has 0 aromatic carbocycles. The summed E-state index contributed by atoms with van der Waals surface area (Å²) in [6, 6.07) is 0. The zero-order valence-corrected chi connectivity index (χ0v) is 15.2. The fourth-order valence-corrected chi connectivity index (χ4v) is 3.85. The lowest BCUT2D eigenvalue weighted by molar-refractivity contribution is 0.0904. The number of nitrogens with zero attached hydrogens (tertiary/aromatic N) is 3. The maximum absolute atomic E-state index is 5.91. The molecular formula is C17H26N4OS. The molecule has 2 aromatic heterocycles. The zero-order valence-electron chi connectivity index (χ0n) is 14.4. The highest BCUT2D eigenvalue weighted by Gasteiger charge is 2.30. The van der Waals surface area contributed by atoms with Gasteiger partial charge in [0.2, 0.25) is 0 Å². The number of nitrogens with one attached hydrogen (secondary N) is 1. The number of ether oxygens (including phenoxy) is 1. The molecule has 1 aliphatic rings. The molecule has 3 heterocycles. The molecule has 1 N–H and O–H groups in total. The fraction of sp³-hybridized carbons (Fsp3) is 0.647. The van der Waals surface area contributed by atoms with Gasteiger partial charge in [-0.1, -0.05) is 20.8 Å². The maximum Gasteiger partial charge on any atom is 0.0981 e. The van der Waals surface area contributed by atoms with E-state index >= 15 is 0 Å². The van der Waals surface area contributed by atoms with Crippen molar-refractivity contribution in [2.45, 2.75) is 45.3 Å². The molecule has 2 atom stereocenters. The van der Waals surface area contributed by atoms with Crippen LogP contribution in [-0.2, 0) is 23.7 Å². The van der Waals surface area contributed by atoms with Gasteiger partial charge in [0.05, 0.1) is 17.3 Å². The molecule has 1 aliphatic heterocycles. The Hall–Kier alpha value is -1.24. The second kappa shape index (κ2) is 6.71. The van der Waals surface area contributed by atoms with Crippen molar-refractivity contribution in [2.75, 3.05) is 13.2 Å². The molecule has 1 saturated heterocycles. The Labute approximate surface area is 142 Å². The Morgan fingerprint density at radius 1 is 1.39 bits per heavy atom. The quantitative estimate of drug-likeness (QED) is 0.913. The first-order valence-electron chi connectivity index (χ1n) is 8.19. The van der Waals surface area contributed by atoms with Gasteiger partial charge in [-0.3, -0.25) is 4.68 Å². The van der Waals surface area contributed by atoms with E-state index in [4.69, 9.17) is 4.74 Å². The summed E-state index contributed by atoms with van der Waals surface area (Å²) in [6.45, 7) is 9.29. The predicted octanol–water partition coefficient (Wildman–Crippen LogP) is 3.04. The first-order chi connectivity index (χ1) is 10.9. The molecule has 6 heteroatoms. The Kier molecular flexibility index (Phi) is 4.85. The van der Waals surface area contributed by atoms with Crippen LogP contribution in [0.2, 0.25) is 0 Å². The lowest BCUT2D eigenvalue weighted by Crippen LogP contribution is -2.24. The number of hydrogen-bond donors (Lipinski definition) is 1. The minimum atomic E-state index is 0.133. The van der Waals surface area contributed by atoms with Crippen molar-refractivity contribution >= 4 is 11.3 Å². The van der Waals surface area contributed by atoms with Crippen LogP contribution in [0.25, 0.3) is 0 Å². The molecule has 0 aliphatic carbocycles. The molecule has 23 heavy (non-hydrogen) atoms. The number of hydrogen-bond acceptors (Lipinski definition) is 5. The average Bonchev–Trinajstić information content (AvgIpc) is 3.17. The van der Waals surface area contributed by atoms with Gasteiger partial charge in [-0.25, -0.2) is 4.98 Å². The standard InChI is InChI=1S/C17H26N4OS/c1-17(2,3)16-19-10-14(23-16)9-18-7-12-5-6-22-15(12)13-8-20-21(4)11-13/h8,10-12,15,18H,5-7,9H2,1-4H3/t12-,15-/m1/s1. The molecule has 2 aromatic rings. The predicted molar refractivity (Wildman–Crippen MR) is 92.5 cm³/mol. The molecule has 0 radical (unpaired) electrons. The molecule has 1 fully saturated rings. The van der Waals surface area contributed by atoms with E-state index in [0.29, 0.717) is 5.92 Å². The minimum Gasteiger partial charge on any atom is -0.373 e. The average molecular weight is 334 g/mol. The van der Waals surface area contributed by atoms with Gasteiger partial charge in [0.25, 0.3) is 0 Å². The summed E-state index contributed by atoms with van der Waals surface area (Å²) < 4.78 is 7.75. The molecule has 3 rings (SSSR count). The van der Waals surface area contributed by atoms with Gasteiger partial charge in [-0.15, -0.1) is 11.3 Å². The SMILES string of the molecule is Cn1cc([C@@H]2OCC[C@@H]2CNCc2cnc(C(C)(C)C)s2)cn1. The van der Waals surface area contributed by atoms with Crippen molar-refractivity contribution in [2.24, 2.45) is 13.0 Å². The minimum absolute atomic E-state index is 0.133. The summed E-state index contributed by atoms with van der Waals surface area (Å²) in [5.74, 6) is 0.509. The number of thiazole rings is 1. The molecule has 0 unspecified atom stereocenters. The third-order valence-corrected chi connectivity index (χ3v) is 5.59. The van der Waals surface area contributed by atoms with Gasteiger partial charge < -0.3 is 10.1 Å². The Morgan fingerprint density at radius 2 is 2.22 bits per heavy atom. The molecule has 0 saturated carbocycles. The van der Waals surface area contributed by atoms with Crippen molar-refractivity contribution < 1.29 is 4.74 Å². The van der Waals surface area contributed by atoms with Crippen LogP contribution < -0.4 is 5.32 Å². The Balaban J connectivity index is 1.53. The van der Waals surface area contributed by atoms with Crippen molar-refractivity contribution in [1.29, 1.82) is 0 Å². The van der Waals surface area contributed by atoms with Crippen molar-refractivity contribution in [3.05, 3.63) is 34.0 Å². The summed E-state index contributed by atoms with van der Waals surface area (Å²) in [5.41, 5.74) is 1.32. The maximum atomic E-state index is 5.91. The van der Waals surface area contributed by atoms with Crippen LogP contribution in [-0.4, -0.2) is 27.9 Å². The third kappa shape index (κ3) is 4.00. The molecule has 0 spiro atoms. The highest BCUT2D eigenvalue weighted by atomic mass is 32.1. The number of aryl methyl sites for hydroxylation is 1. The first kappa shape index (κ1) is 16.6.